The first-order valence-electron chi connectivity index (χ1n) is 13.3. The normalized spacial score (nSPS) is 13.1. The highest BCUT2D eigenvalue weighted by Crippen LogP contribution is 2.43. The standard InChI is InChI=1S/C32H51BO2/c1-16-33(34-27-23(29(4,5)6)17-21(2)18-24(27)30(7,8)9)35-28-25(31(10,11)12)19-22(3)20-26(28)32(13,14)15/h17-20H,16H2,1-15H3. The summed E-state index contributed by atoms with van der Waals surface area (Å²) in [5.74, 6) is 1.95. The molecule has 0 radical (unpaired) electrons. The zero-order valence-corrected chi connectivity index (χ0v) is 25.4. The molecule has 0 aliphatic carbocycles. The summed E-state index contributed by atoms with van der Waals surface area (Å²) in [7, 11) is -0.384. The van der Waals surface area contributed by atoms with Crippen LogP contribution in [0.1, 0.15) is 123 Å². The van der Waals surface area contributed by atoms with Crippen LogP contribution in [0, 0.1) is 13.8 Å². The van der Waals surface area contributed by atoms with Crippen molar-refractivity contribution in [3.05, 3.63) is 57.6 Å². The van der Waals surface area contributed by atoms with E-state index in [0.29, 0.717) is 0 Å². The van der Waals surface area contributed by atoms with Crippen molar-refractivity contribution < 1.29 is 9.31 Å². The van der Waals surface area contributed by atoms with Crippen molar-refractivity contribution in [3.8, 4) is 11.5 Å². The second-order valence-electron chi connectivity index (χ2n) is 14.5. The van der Waals surface area contributed by atoms with Gasteiger partial charge in [0.1, 0.15) is 11.5 Å². The van der Waals surface area contributed by atoms with E-state index in [2.05, 4.69) is 128 Å². The summed E-state index contributed by atoms with van der Waals surface area (Å²) in [4.78, 5) is 0. The first-order valence-corrected chi connectivity index (χ1v) is 13.3. The van der Waals surface area contributed by atoms with Crippen LogP contribution in [0.25, 0.3) is 0 Å². The number of benzene rings is 2. The van der Waals surface area contributed by atoms with Gasteiger partial charge in [-0.15, -0.1) is 0 Å². The van der Waals surface area contributed by atoms with Crippen LogP contribution in [-0.2, 0) is 21.7 Å². The smallest absolute Gasteiger partial charge is 0.525 e. The lowest BCUT2D eigenvalue weighted by molar-refractivity contribution is 0.387. The van der Waals surface area contributed by atoms with Gasteiger partial charge in [0.05, 0.1) is 0 Å². The van der Waals surface area contributed by atoms with Crippen LogP contribution in [-0.4, -0.2) is 7.12 Å². The van der Waals surface area contributed by atoms with E-state index in [1.807, 2.05) is 0 Å². The highest BCUT2D eigenvalue weighted by Gasteiger charge is 2.34. The maximum absolute atomic E-state index is 6.88. The molecule has 0 saturated heterocycles. The Morgan fingerprint density at radius 2 is 0.743 bits per heavy atom. The minimum absolute atomic E-state index is 0.0450. The zero-order valence-electron chi connectivity index (χ0n) is 25.4. The van der Waals surface area contributed by atoms with Crippen LogP contribution in [0.4, 0.5) is 0 Å². The molecule has 2 aromatic rings. The van der Waals surface area contributed by atoms with Crippen LogP contribution < -0.4 is 9.31 Å². The van der Waals surface area contributed by atoms with Crippen LogP contribution in [0.15, 0.2) is 24.3 Å². The average molecular weight is 479 g/mol. The molecular formula is C32H51BO2. The summed E-state index contributed by atoms with van der Waals surface area (Å²) in [5.41, 5.74) is 7.30. The van der Waals surface area contributed by atoms with E-state index in [4.69, 9.17) is 9.31 Å². The largest absolute Gasteiger partial charge is 0.594 e. The minimum atomic E-state index is -0.384. The molecule has 0 saturated carbocycles. The van der Waals surface area contributed by atoms with E-state index >= 15 is 0 Å². The second-order valence-corrected chi connectivity index (χ2v) is 14.5. The molecule has 0 aliphatic rings. The fourth-order valence-corrected chi connectivity index (χ4v) is 4.48. The van der Waals surface area contributed by atoms with Gasteiger partial charge in [0.25, 0.3) is 0 Å². The van der Waals surface area contributed by atoms with Crippen LogP contribution in [0.5, 0.6) is 11.5 Å². The lowest BCUT2D eigenvalue weighted by atomic mass is 9.76. The molecule has 0 atom stereocenters. The van der Waals surface area contributed by atoms with Gasteiger partial charge in [0.15, 0.2) is 0 Å². The third-order valence-corrected chi connectivity index (χ3v) is 6.53. The Kier molecular flexibility index (Phi) is 8.27. The van der Waals surface area contributed by atoms with E-state index in [-0.39, 0.29) is 28.8 Å². The molecule has 2 rings (SSSR count). The maximum Gasteiger partial charge on any atom is 0.594 e. The SMILES string of the molecule is CCB(Oc1c(C(C)(C)C)cc(C)cc1C(C)(C)C)Oc1c(C(C)(C)C)cc(C)cc1C(C)(C)C. The minimum Gasteiger partial charge on any atom is -0.525 e. The number of rotatable bonds is 5. The maximum atomic E-state index is 6.88. The third kappa shape index (κ3) is 7.08. The summed E-state index contributed by atoms with van der Waals surface area (Å²) in [6.45, 7) is 33.7. The van der Waals surface area contributed by atoms with Crippen molar-refractivity contribution in [1.82, 2.24) is 0 Å². The van der Waals surface area contributed by atoms with Gasteiger partial charge in [0.2, 0.25) is 0 Å². The predicted molar refractivity (Wildman–Crippen MR) is 155 cm³/mol. The van der Waals surface area contributed by atoms with Crippen molar-refractivity contribution in [1.29, 1.82) is 0 Å². The first kappa shape index (κ1) is 29.3. The Hall–Kier alpha value is -1.90. The summed E-state index contributed by atoms with van der Waals surface area (Å²) in [6.07, 6.45) is 0.752. The Bertz CT molecular complexity index is 884. The third-order valence-electron chi connectivity index (χ3n) is 6.53. The molecule has 0 unspecified atom stereocenters. The molecule has 3 heteroatoms. The molecule has 0 heterocycles. The fourth-order valence-electron chi connectivity index (χ4n) is 4.48. The van der Waals surface area contributed by atoms with Gasteiger partial charge in [-0.3, -0.25) is 0 Å². The molecule has 0 aliphatic heterocycles. The van der Waals surface area contributed by atoms with Gasteiger partial charge in [-0.25, -0.2) is 0 Å². The molecule has 2 aromatic carbocycles. The highest BCUT2D eigenvalue weighted by molar-refractivity contribution is 6.46. The van der Waals surface area contributed by atoms with Crippen molar-refractivity contribution >= 4 is 7.12 Å². The summed E-state index contributed by atoms with van der Waals surface area (Å²) in [5, 5.41) is 0. The Morgan fingerprint density at radius 3 is 0.914 bits per heavy atom. The van der Waals surface area contributed by atoms with Crippen molar-refractivity contribution in [2.45, 2.75) is 132 Å². The fraction of sp³-hybridized carbons (Fsp3) is 0.625. The number of hydrogen-bond acceptors (Lipinski definition) is 2. The number of hydrogen-bond donors (Lipinski definition) is 0. The summed E-state index contributed by atoms with van der Waals surface area (Å²) in [6, 6.07) is 9.13. The van der Waals surface area contributed by atoms with E-state index in [1.54, 1.807) is 0 Å². The van der Waals surface area contributed by atoms with Gasteiger partial charge in [-0.2, -0.15) is 0 Å². The van der Waals surface area contributed by atoms with Gasteiger partial charge in [0, 0.05) is 6.32 Å². The van der Waals surface area contributed by atoms with Crippen molar-refractivity contribution in [3.63, 3.8) is 0 Å². The molecule has 35 heavy (non-hydrogen) atoms. The Labute approximate surface area is 217 Å². The van der Waals surface area contributed by atoms with E-state index in [1.165, 1.54) is 33.4 Å². The first-order chi connectivity index (χ1) is 15.7. The van der Waals surface area contributed by atoms with Gasteiger partial charge in [-0.1, -0.05) is 125 Å². The molecule has 0 bridgehead atoms. The topological polar surface area (TPSA) is 18.5 Å². The van der Waals surface area contributed by atoms with Gasteiger partial charge < -0.3 is 9.31 Å². The van der Waals surface area contributed by atoms with Crippen molar-refractivity contribution in [2.75, 3.05) is 0 Å². The molecule has 194 valence electrons. The Morgan fingerprint density at radius 1 is 0.514 bits per heavy atom. The molecule has 0 amide bonds. The highest BCUT2D eigenvalue weighted by atomic mass is 16.6. The van der Waals surface area contributed by atoms with Crippen LogP contribution >= 0.6 is 0 Å². The molecule has 2 nitrogen and oxygen atoms in total. The lowest BCUT2D eigenvalue weighted by Gasteiger charge is -2.34. The second kappa shape index (κ2) is 9.87. The Balaban J connectivity index is 2.72. The molecule has 0 aromatic heterocycles. The van der Waals surface area contributed by atoms with E-state index < -0.39 is 0 Å². The zero-order chi connectivity index (χ0) is 27.1. The lowest BCUT2D eigenvalue weighted by Crippen LogP contribution is -2.34. The molecule has 0 spiro atoms. The molecule has 0 N–H and O–H groups in total. The van der Waals surface area contributed by atoms with Crippen molar-refractivity contribution in [2.24, 2.45) is 0 Å². The molecular weight excluding hydrogens is 427 g/mol. The molecule has 0 fully saturated rings. The average Bonchev–Trinajstić information content (AvgIpc) is 2.65. The summed E-state index contributed by atoms with van der Waals surface area (Å²) >= 11 is 0. The van der Waals surface area contributed by atoms with Gasteiger partial charge in [-0.05, 0) is 57.8 Å². The number of aryl methyl sites for hydroxylation is 2. The predicted octanol–water partition coefficient (Wildman–Crippen LogP) is 9.46. The van der Waals surface area contributed by atoms with E-state index in [0.717, 1.165) is 17.8 Å². The summed E-state index contributed by atoms with van der Waals surface area (Å²) < 4.78 is 13.8. The van der Waals surface area contributed by atoms with E-state index in [9.17, 15) is 0 Å². The van der Waals surface area contributed by atoms with Crippen LogP contribution in [0.3, 0.4) is 0 Å². The van der Waals surface area contributed by atoms with Crippen LogP contribution in [0.2, 0.25) is 6.32 Å². The van der Waals surface area contributed by atoms with Gasteiger partial charge >= 0.3 is 7.12 Å². The quantitative estimate of drug-likeness (QED) is 0.398. The monoisotopic (exact) mass is 478 g/mol.